The van der Waals surface area contributed by atoms with Crippen LogP contribution in [0.3, 0.4) is 0 Å². The highest BCUT2D eigenvalue weighted by Crippen LogP contribution is 2.77. The van der Waals surface area contributed by atoms with Gasteiger partial charge >= 0.3 is 11.9 Å². The standard InChI is InChI=1S/C25H34O7/c1-22-8-5-15(26)11-14(22)12-16(21(28)31-4)20-17-6-9-24(29,10-7-19(27)30-3)23(17,2)13-18-25(20,22)32-18/h12,16-18,20,29H,5-11,13H2,1-4H3/t16-,17+,18?,20+,22+,23+,24-,25-/m1/s1. The van der Waals surface area contributed by atoms with Gasteiger partial charge in [-0.2, -0.15) is 0 Å². The Morgan fingerprint density at radius 1 is 1.22 bits per heavy atom. The molecule has 0 aromatic carbocycles. The van der Waals surface area contributed by atoms with Crippen LogP contribution in [0, 0.1) is 28.6 Å². The van der Waals surface area contributed by atoms with Gasteiger partial charge in [0.15, 0.2) is 0 Å². The summed E-state index contributed by atoms with van der Waals surface area (Å²) in [6.45, 7) is 4.31. The van der Waals surface area contributed by atoms with E-state index >= 15 is 0 Å². The first-order chi connectivity index (χ1) is 15.1. The van der Waals surface area contributed by atoms with Gasteiger partial charge in [-0.1, -0.05) is 25.5 Å². The van der Waals surface area contributed by atoms with Crippen LogP contribution in [0.25, 0.3) is 0 Å². The first kappa shape index (κ1) is 22.1. The lowest BCUT2D eigenvalue weighted by Gasteiger charge is -2.57. The topological polar surface area (TPSA) is 102 Å². The maximum absolute atomic E-state index is 13.0. The van der Waals surface area contributed by atoms with Crippen LogP contribution in [0.2, 0.25) is 0 Å². The molecule has 0 bridgehead atoms. The lowest BCUT2D eigenvalue weighted by molar-refractivity contribution is -0.158. The van der Waals surface area contributed by atoms with Gasteiger partial charge in [0.25, 0.3) is 0 Å². The number of carbonyl (C=O) groups is 3. The molecule has 0 amide bonds. The predicted octanol–water partition coefficient (Wildman–Crippen LogP) is 2.73. The number of aliphatic hydroxyl groups is 1. The van der Waals surface area contributed by atoms with Crippen LogP contribution in [-0.2, 0) is 28.6 Å². The average molecular weight is 447 g/mol. The van der Waals surface area contributed by atoms with Crippen molar-refractivity contribution in [3.8, 4) is 0 Å². The van der Waals surface area contributed by atoms with Crippen molar-refractivity contribution >= 4 is 17.7 Å². The van der Waals surface area contributed by atoms with Crippen molar-refractivity contribution in [3.63, 3.8) is 0 Å². The zero-order valence-electron chi connectivity index (χ0n) is 19.4. The highest BCUT2D eigenvalue weighted by Gasteiger charge is 2.82. The number of Topliss-reactive ketones (excluding diaryl/α,β-unsaturated/α-hetero) is 1. The number of epoxide rings is 1. The highest BCUT2D eigenvalue weighted by molar-refractivity contribution is 5.84. The number of carbonyl (C=O) groups excluding carboxylic acids is 3. The number of ether oxygens (including phenoxy) is 3. The van der Waals surface area contributed by atoms with Gasteiger partial charge in [-0.15, -0.1) is 0 Å². The summed E-state index contributed by atoms with van der Waals surface area (Å²) in [7, 11) is 2.77. The summed E-state index contributed by atoms with van der Waals surface area (Å²) in [6, 6.07) is 0. The minimum Gasteiger partial charge on any atom is -0.469 e. The fraction of sp³-hybridized carbons (Fsp3) is 0.800. The molecule has 1 spiro atoms. The summed E-state index contributed by atoms with van der Waals surface area (Å²) in [5.74, 6) is -0.969. The fourth-order valence-corrected chi connectivity index (χ4v) is 8.23. The second-order valence-corrected chi connectivity index (χ2v) is 11.1. The second kappa shape index (κ2) is 6.89. The summed E-state index contributed by atoms with van der Waals surface area (Å²) in [5.41, 5.74) is -1.25. The summed E-state index contributed by atoms with van der Waals surface area (Å²) in [5, 5.41) is 11.8. The monoisotopic (exact) mass is 446 g/mol. The third-order valence-corrected chi connectivity index (χ3v) is 10.1. The molecular formula is C25H34O7. The Hall–Kier alpha value is -1.73. The van der Waals surface area contributed by atoms with Crippen LogP contribution >= 0.6 is 0 Å². The van der Waals surface area contributed by atoms with E-state index in [0.717, 1.165) is 18.4 Å². The van der Waals surface area contributed by atoms with E-state index in [-0.39, 0.29) is 47.5 Å². The van der Waals surface area contributed by atoms with Crippen LogP contribution in [0.15, 0.2) is 11.6 Å². The second-order valence-electron chi connectivity index (χ2n) is 11.1. The Balaban J connectivity index is 1.57. The molecule has 5 rings (SSSR count). The molecule has 4 aliphatic carbocycles. The lowest BCUT2D eigenvalue weighted by Crippen LogP contribution is -2.62. The minimum absolute atomic E-state index is 0.0558. The number of esters is 2. The van der Waals surface area contributed by atoms with Crippen molar-refractivity contribution < 1.29 is 33.7 Å². The smallest absolute Gasteiger partial charge is 0.312 e. The SMILES string of the molecule is COC(=O)CC[C@]1(O)CC[C@H]2[C@@H]3[C@H](C(=O)OC)C=C4CC(=O)CC[C@]4(C)[C@]34OC4C[C@@]21C. The zero-order valence-corrected chi connectivity index (χ0v) is 19.4. The van der Waals surface area contributed by atoms with Crippen LogP contribution in [0.1, 0.15) is 65.2 Å². The lowest BCUT2D eigenvalue weighted by atomic mass is 9.44. The average Bonchev–Trinajstić information content (AvgIpc) is 3.43. The third-order valence-electron chi connectivity index (χ3n) is 10.1. The van der Waals surface area contributed by atoms with Crippen molar-refractivity contribution in [2.75, 3.05) is 14.2 Å². The molecule has 3 saturated carbocycles. The molecule has 0 aromatic heterocycles. The molecule has 4 fully saturated rings. The van der Waals surface area contributed by atoms with Crippen LogP contribution in [-0.4, -0.2) is 54.4 Å². The molecule has 32 heavy (non-hydrogen) atoms. The fourth-order valence-electron chi connectivity index (χ4n) is 8.23. The predicted molar refractivity (Wildman–Crippen MR) is 113 cm³/mol. The maximum atomic E-state index is 13.0. The summed E-state index contributed by atoms with van der Waals surface area (Å²) >= 11 is 0. The quantitative estimate of drug-likeness (QED) is 0.402. The number of fused-ring (bicyclic) bond motifs is 3. The van der Waals surface area contributed by atoms with Crippen molar-refractivity contribution in [2.24, 2.45) is 28.6 Å². The maximum Gasteiger partial charge on any atom is 0.312 e. The Morgan fingerprint density at radius 2 is 1.97 bits per heavy atom. The van der Waals surface area contributed by atoms with Gasteiger partial charge in [0.05, 0.1) is 31.8 Å². The number of hydrogen-bond donors (Lipinski definition) is 1. The van der Waals surface area contributed by atoms with Gasteiger partial charge in [-0.05, 0) is 38.0 Å². The van der Waals surface area contributed by atoms with Crippen molar-refractivity contribution in [3.05, 3.63) is 11.6 Å². The molecule has 7 heteroatoms. The number of ketones is 1. The first-order valence-corrected chi connectivity index (χ1v) is 11.8. The molecule has 8 atom stereocenters. The minimum atomic E-state index is -1.02. The van der Waals surface area contributed by atoms with E-state index in [9.17, 15) is 19.5 Å². The summed E-state index contributed by atoms with van der Waals surface area (Å²) in [6.07, 6.45) is 6.11. The largest absolute Gasteiger partial charge is 0.469 e. The van der Waals surface area contributed by atoms with Gasteiger partial charge < -0.3 is 19.3 Å². The van der Waals surface area contributed by atoms with Gasteiger partial charge in [0, 0.05) is 36.0 Å². The van der Waals surface area contributed by atoms with E-state index in [1.807, 2.05) is 6.08 Å². The molecule has 1 saturated heterocycles. The Labute approximate surface area is 188 Å². The molecule has 1 unspecified atom stereocenters. The van der Waals surface area contributed by atoms with E-state index in [4.69, 9.17) is 14.2 Å². The zero-order chi connectivity index (χ0) is 23.1. The molecule has 0 aromatic rings. The molecule has 0 radical (unpaired) electrons. The first-order valence-electron chi connectivity index (χ1n) is 11.8. The van der Waals surface area contributed by atoms with Crippen LogP contribution < -0.4 is 0 Å². The molecule has 7 nitrogen and oxygen atoms in total. The van der Waals surface area contributed by atoms with Gasteiger partial charge in [-0.3, -0.25) is 14.4 Å². The highest BCUT2D eigenvalue weighted by atomic mass is 16.6. The molecule has 5 aliphatic rings. The number of hydrogen-bond acceptors (Lipinski definition) is 7. The van der Waals surface area contributed by atoms with E-state index < -0.39 is 22.5 Å². The van der Waals surface area contributed by atoms with Crippen molar-refractivity contribution in [1.82, 2.24) is 0 Å². The van der Waals surface area contributed by atoms with E-state index in [1.54, 1.807) is 0 Å². The molecule has 1 N–H and O–H groups in total. The van der Waals surface area contributed by atoms with Gasteiger partial charge in [0.1, 0.15) is 11.4 Å². The molecular weight excluding hydrogens is 412 g/mol. The Morgan fingerprint density at radius 3 is 2.66 bits per heavy atom. The summed E-state index contributed by atoms with van der Waals surface area (Å²) < 4.78 is 16.6. The number of rotatable bonds is 4. The van der Waals surface area contributed by atoms with Gasteiger partial charge in [-0.25, -0.2) is 0 Å². The molecule has 176 valence electrons. The van der Waals surface area contributed by atoms with Crippen LogP contribution in [0.4, 0.5) is 0 Å². The number of methoxy groups -OCH3 is 2. The Kier molecular flexibility index (Phi) is 4.75. The van der Waals surface area contributed by atoms with E-state index in [1.165, 1.54) is 14.2 Å². The van der Waals surface area contributed by atoms with Crippen molar-refractivity contribution in [2.45, 2.75) is 82.5 Å². The van der Waals surface area contributed by atoms with Crippen LogP contribution in [0.5, 0.6) is 0 Å². The van der Waals surface area contributed by atoms with Crippen molar-refractivity contribution in [1.29, 1.82) is 0 Å². The third kappa shape index (κ3) is 2.58. The van der Waals surface area contributed by atoms with Gasteiger partial charge in [0.2, 0.25) is 0 Å². The molecule has 1 heterocycles. The molecule has 1 aliphatic heterocycles. The van der Waals surface area contributed by atoms with E-state index in [0.29, 0.717) is 32.1 Å². The normalized spacial score (nSPS) is 48.5. The summed E-state index contributed by atoms with van der Waals surface area (Å²) in [4.78, 5) is 37.1. The Bertz CT molecular complexity index is 910. The van der Waals surface area contributed by atoms with E-state index in [2.05, 4.69) is 13.8 Å².